The fourth-order valence-electron chi connectivity index (χ4n) is 4.04. The second-order valence-corrected chi connectivity index (χ2v) is 8.91. The molecule has 0 spiro atoms. The molecule has 8 heteroatoms. The molecule has 3 aromatic heterocycles. The molecule has 4 aromatic rings. The largest absolute Gasteiger partial charge is 0.389 e. The second kappa shape index (κ2) is 7.65. The molecule has 0 atom stereocenters. The van der Waals surface area contributed by atoms with Crippen LogP contribution < -0.4 is 0 Å². The molecule has 0 bridgehead atoms. The van der Waals surface area contributed by atoms with Crippen LogP contribution in [0.5, 0.6) is 0 Å². The zero-order chi connectivity index (χ0) is 22.5. The van der Waals surface area contributed by atoms with Crippen LogP contribution in [0, 0.1) is 0 Å². The Morgan fingerprint density at radius 2 is 1.97 bits per heavy atom. The van der Waals surface area contributed by atoms with Crippen molar-refractivity contribution >= 4 is 27.7 Å². The van der Waals surface area contributed by atoms with E-state index in [9.17, 15) is 9.90 Å². The van der Waals surface area contributed by atoms with Gasteiger partial charge in [-0.1, -0.05) is 6.07 Å². The summed E-state index contributed by atoms with van der Waals surface area (Å²) < 4.78 is 7.07. The standard InChI is InChI=1S/C24H25N5O3/c1-24(2,31)14-29-21-7-5-15(8-17(21)10-26-29)19-11-25-9-16-4-6-20(27-22(16)19)23(30)28-12-18(13-28)32-3/h4-11,18,31H,12-14H2,1-3H3. The van der Waals surface area contributed by atoms with E-state index in [0.29, 0.717) is 25.3 Å². The highest BCUT2D eigenvalue weighted by atomic mass is 16.5. The predicted octanol–water partition coefficient (Wildman–Crippen LogP) is 2.89. The highest BCUT2D eigenvalue weighted by Crippen LogP contribution is 2.30. The first-order chi connectivity index (χ1) is 15.3. The second-order valence-electron chi connectivity index (χ2n) is 8.91. The zero-order valence-electron chi connectivity index (χ0n) is 18.3. The van der Waals surface area contributed by atoms with Crippen LogP contribution >= 0.6 is 0 Å². The molecule has 0 radical (unpaired) electrons. The summed E-state index contributed by atoms with van der Waals surface area (Å²) in [7, 11) is 1.66. The molecule has 0 aliphatic carbocycles. The van der Waals surface area contributed by atoms with Gasteiger partial charge in [0.2, 0.25) is 0 Å². The van der Waals surface area contributed by atoms with E-state index in [2.05, 4.69) is 10.1 Å². The van der Waals surface area contributed by atoms with Crippen molar-refractivity contribution in [1.29, 1.82) is 0 Å². The molecule has 1 amide bonds. The van der Waals surface area contributed by atoms with Gasteiger partial charge in [-0.25, -0.2) is 4.98 Å². The lowest BCUT2D eigenvalue weighted by Gasteiger charge is -2.37. The van der Waals surface area contributed by atoms with Crippen LogP contribution in [0.15, 0.2) is 48.9 Å². The van der Waals surface area contributed by atoms with Crippen molar-refractivity contribution in [2.75, 3.05) is 20.2 Å². The first-order valence-electron chi connectivity index (χ1n) is 10.6. The predicted molar refractivity (Wildman–Crippen MR) is 121 cm³/mol. The van der Waals surface area contributed by atoms with Crippen molar-refractivity contribution in [2.45, 2.75) is 32.1 Å². The van der Waals surface area contributed by atoms with Crippen molar-refractivity contribution in [3.8, 4) is 11.1 Å². The molecule has 1 N–H and O–H groups in total. The van der Waals surface area contributed by atoms with Gasteiger partial charge in [-0.3, -0.25) is 14.5 Å². The van der Waals surface area contributed by atoms with Crippen LogP contribution in [0.25, 0.3) is 32.9 Å². The summed E-state index contributed by atoms with van der Waals surface area (Å²) in [5, 5.41) is 16.4. The third-order valence-electron chi connectivity index (χ3n) is 5.78. The Hall–Kier alpha value is -3.36. The fourth-order valence-corrected chi connectivity index (χ4v) is 4.04. The van der Waals surface area contributed by atoms with Crippen molar-refractivity contribution in [3.63, 3.8) is 0 Å². The van der Waals surface area contributed by atoms with Crippen LogP contribution in [-0.4, -0.2) is 67.6 Å². The quantitative estimate of drug-likeness (QED) is 0.522. The van der Waals surface area contributed by atoms with Crippen LogP contribution in [-0.2, 0) is 11.3 Å². The SMILES string of the molecule is COC1CN(C(=O)c2ccc3cncc(-c4ccc5c(cnn5CC(C)(C)O)c4)c3n2)C1. The van der Waals surface area contributed by atoms with E-state index in [0.717, 1.165) is 32.9 Å². The van der Waals surface area contributed by atoms with Crippen molar-refractivity contribution in [1.82, 2.24) is 24.6 Å². The number of hydrogen-bond acceptors (Lipinski definition) is 6. The molecule has 5 rings (SSSR count). The Kier molecular flexibility index (Phi) is 4.91. The maximum absolute atomic E-state index is 12.8. The topological polar surface area (TPSA) is 93.4 Å². The first-order valence-corrected chi connectivity index (χ1v) is 10.6. The number of nitrogens with zero attached hydrogens (tertiary/aromatic N) is 5. The molecule has 1 aliphatic heterocycles. The van der Waals surface area contributed by atoms with Crippen LogP contribution in [0.2, 0.25) is 0 Å². The van der Waals surface area contributed by atoms with Gasteiger partial charge >= 0.3 is 0 Å². The number of ether oxygens (including phenoxy) is 1. The molecule has 0 saturated carbocycles. The number of benzene rings is 1. The Labute approximate surface area is 185 Å². The van der Waals surface area contributed by atoms with E-state index < -0.39 is 5.60 Å². The van der Waals surface area contributed by atoms with E-state index in [4.69, 9.17) is 9.72 Å². The van der Waals surface area contributed by atoms with E-state index in [1.165, 1.54) is 0 Å². The minimum Gasteiger partial charge on any atom is -0.389 e. The summed E-state index contributed by atoms with van der Waals surface area (Å²) in [5.41, 5.74) is 3.03. The lowest BCUT2D eigenvalue weighted by Crippen LogP contribution is -2.54. The van der Waals surface area contributed by atoms with E-state index in [1.54, 1.807) is 55.2 Å². The van der Waals surface area contributed by atoms with Gasteiger partial charge in [0.25, 0.3) is 5.91 Å². The first kappa shape index (κ1) is 20.5. The minimum atomic E-state index is -0.857. The number of rotatable bonds is 5. The smallest absolute Gasteiger partial charge is 0.272 e. The molecule has 0 unspecified atom stereocenters. The van der Waals surface area contributed by atoms with Gasteiger partial charge in [0.05, 0.1) is 35.5 Å². The average molecular weight is 431 g/mol. The molecular weight excluding hydrogens is 406 g/mol. The van der Waals surface area contributed by atoms with E-state index in [-0.39, 0.29) is 12.0 Å². The molecule has 32 heavy (non-hydrogen) atoms. The number of fused-ring (bicyclic) bond motifs is 2. The number of likely N-dealkylation sites (tertiary alicyclic amines) is 1. The third kappa shape index (κ3) is 3.72. The summed E-state index contributed by atoms with van der Waals surface area (Å²) >= 11 is 0. The summed E-state index contributed by atoms with van der Waals surface area (Å²) in [4.78, 5) is 23.7. The van der Waals surface area contributed by atoms with E-state index >= 15 is 0 Å². The monoisotopic (exact) mass is 431 g/mol. The van der Waals surface area contributed by atoms with Crippen LogP contribution in [0.3, 0.4) is 0 Å². The Morgan fingerprint density at radius 3 is 2.72 bits per heavy atom. The van der Waals surface area contributed by atoms with Crippen LogP contribution in [0.4, 0.5) is 0 Å². The van der Waals surface area contributed by atoms with Gasteiger partial charge in [-0.15, -0.1) is 0 Å². The molecular formula is C24H25N5O3. The van der Waals surface area contributed by atoms with Gasteiger partial charge in [-0.2, -0.15) is 5.10 Å². The highest BCUT2D eigenvalue weighted by Gasteiger charge is 2.31. The average Bonchev–Trinajstić information content (AvgIpc) is 3.12. The lowest BCUT2D eigenvalue weighted by atomic mass is 10.0. The van der Waals surface area contributed by atoms with E-state index in [1.807, 2.05) is 24.3 Å². The maximum atomic E-state index is 12.8. The fraction of sp³-hybridized carbons (Fsp3) is 0.333. The minimum absolute atomic E-state index is 0.0914. The molecule has 164 valence electrons. The molecule has 1 aliphatic rings. The number of amides is 1. The third-order valence-corrected chi connectivity index (χ3v) is 5.78. The molecule has 1 saturated heterocycles. The van der Waals surface area contributed by atoms with Gasteiger partial charge in [0.15, 0.2) is 0 Å². The summed E-state index contributed by atoms with van der Waals surface area (Å²) in [6.07, 6.45) is 5.42. The zero-order valence-corrected chi connectivity index (χ0v) is 18.3. The van der Waals surface area contributed by atoms with Crippen molar-refractivity contribution < 1.29 is 14.6 Å². The number of hydrogen-bond donors (Lipinski definition) is 1. The Balaban J connectivity index is 1.52. The van der Waals surface area contributed by atoms with Crippen molar-refractivity contribution in [2.24, 2.45) is 0 Å². The number of carbonyl (C=O) groups is 1. The maximum Gasteiger partial charge on any atom is 0.272 e. The Morgan fingerprint density at radius 1 is 1.16 bits per heavy atom. The number of aliphatic hydroxyl groups is 1. The van der Waals surface area contributed by atoms with Gasteiger partial charge in [0, 0.05) is 48.9 Å². The molecule has 8 nitrogen and oxygen atoms in total. The Bertz CT molecular complexity index is 1320. The number of aromatic nitrogens is 4. The van der Waals surface area contributed by atoms with Gasteiger partial charge < -0.3 is 14.7 Å². The normalized spacial score (nSPS) is 14.8. The summed E-state index contributed by atoms with van der Waals surface area (Å²) in [5.74, 6) is -0.0914. The van der Waals surface area contributed by atoms with Gasteiger partial charge in [0.1, 0.15) is 5.69 Å². The number of pyridine rings is 2. The van der Waals surface area contributed by atoms with Gasteiger partial charge in [-0.05, 0) is 43.7 Å². The summed E-state index contributed by atoms with van der Waals surface area (Å²) in [6.45, 7) is 5.10. The molecule has 4 heterocycles. The number of methoxy groups -OCH3 is 1. The molecule has 1 fully saturated rings. The van der Waals surface area contributed by atoms with Crippen LogP contribution in [0.1, 0.15) is 24.3 Å². The van der Waals surface area contributed by atoms with Crippen molar-refractivity contribution in [3.05, 3.63) is 54.6 Å². The molecule has 1 aromatic carbocycles. The highest BCUT2D eigenvalue weighted by molar-refractivity contribution is 5.99. The summed E-state index contributed by atoms with van der Waals surface area (Å²) in [6, 6.07) is 9.66. The lowest BCUT2D eigenvalue weighted by molar-refractivity contribution is -0.0194. The number of carbonyl (C=O) groups excluding carboxylic acids is 1.